The molecular formula is C18H15N3O3. The Hall–Kier alpha value is -3.41. The number of hydrogen-bond acceptors (Lipinski definition) is 4. The molecule has 6 heteroatoms. The van der Waals surface area contributed by atoms with Crippen molar-refractivity contribution in [3.05, 3.63) is 65.9 Å². The van der Waals surface area contributed by atoms with Crippen LogP contribution >= 0.6 is 0 Å². The maximum absolute atomic E-state index is 12.6. The van der Waals surface area contributed by atoms with Gasteiger partial charge in [0.1, 0.15) is 5.75 Å². The molecule has 1 heterocycles. The first-order valence-corrected chi connectivity index (χ1v) is 7.23. The normalized spacial score (nSPS) is 10.4. The second-order valence-electron chi connectivity index (χ2n) is 5.11. The standard InChI is InChI=1S/C18H15N3O3/c1-24-16-8-7-11(17(19)22)10-13(16)18(23)21-15-6-2-5-14-12(15)4-3-9-20-14/h2-10H,1H3,(H2,19,22)(H,21,23). The van der Waals surface area contributed by atoms with Gasteiger partial charge in [0.2, 0.25) is 5.91 Å². The van der Waals surface area contributed by atoms with Gasteiger partial charge in [-0.15, -0.1) is 0 Å². The Balaban J connectivity index is 2.00. The Labute approximate surface area is 138 Å². The van der Waals surface area contributed by atoms with Crippen molar-refractivity contribution in [1.82, 2.24) is 4.98 Å². The van der Waals surface area contributed by atoms with E-state index >= 15 is 0 Å². The van der Waals surface area contributed by atoms with Gasteiger partial charge < -0.3 is 15.8 Å². The summed E-state index contributed by atoms with van der Waals surface area (Å²) in [6, 6.07) is 13.6. The fourth-order valence-electron chi connectivity index (χ4n) is 2.44. The molecule has 3 N–H and O–H groups in total. The van der Waals surface area contributed by atoms with Gasteiger partial charge in [-0.05, 0) is 42.5 Å². The predicted octanol–water partition coefficient (Wildman–Crippen LogP) is 2.59. The van der Waals surface area contributed by atoms with Crippen molar-refractivity contribution in [3.8, 4) is 5.75 Å². The van der Waals surface area contributed by atoms with Gasteiger partial charge in [-0.3, -0.25) is 14.6 Å². The summed E-state index contributed by atoms with van der Waals surface area (Å²) in [6.45, 7) is 0. The lowest BCUT2D eigenvalue weighted by Crippen LogP contribution is -2.16. The number of nitrogens with two attached hydrogens (primary N) is 1. The lowest BCUT2D eigenvalue weighted by Gasteiger charge is -2.12. The van der Waals surface area contributed by atoms with Crippen molar-refractivity contribution in [2.75, 3.05) is 12.4 Å². The number of rotatable bonds is 4. The van der Waals surface area contributed by atoms with Crippen molar-refractivity contribution < 1.29 is 14.3 Å². The molecule has 0 saturated heterocycles. The number of carbonyl (C=O) groups excluding carboxylic acids is 2. The number of methoxy groups -OCH3 is 1. The quantitative estimate of drug-likeness (QED) is 0.772. The monoisotopic (exact) mass is 321 g/mol. The molecule has 0 aliphatic carbocycles. The third-order valence-corrected chi connectivity index (χ3v) is 3.62. The molecule has 24 heavy (non-hydrogen) atoms. The van der Waals surface area contributed by atoms with Gasteiger partial charge in [0.15, 0.2) is 0 Å². The number of aromatic nitrogens is 1. The highest BCUT2D eigenvalue weighted by Crippen LogP contribution is 2.25. The van der Waals surface area contributed by atoms with Crippen LogP contribution in [0, 0.1) is 0 Å². The molecule has 0 saturated carbocycles. The van der Waals surface area contributed by atoms with E-state index in [-0.39, 0.29) is 11.1 Å². The largest absolute Gasteiger partial charge is 0.496 e. The van der Waals surface area contributed by atoms with Crippen LogP contribution in [0.25, 0.3) is 10.9 Å². The first-order chi connectivity index (χ1) is 11.6. The average molecular weight is 321 g/mol. The van der Waals surface area contributed by atoms with Crippen LogP contribution in [-0.4, -0.2) is 23.9 Å². The molecule has 3 aromatic rings. The molecule has 0 radical (unpaired) electrons. The highest BCUT2D eigenvalue weighted by Gasteiger charge is 2.16. The van der Waals surface area contributed by atoms with Crippen molar-refractivity contribution in [2.24, 2.45) is 5.73 Å². The number of ether oxygens (including phenoxy) is 1. The lowest BCUT2D eigenvalue weighted by atomic mass is 10.1. The summed E-state index contributed by atoms with van der Waals surface area (Å²) in [5.74, 6) is -0.650. The van der Waals surface area contributed by atoms with Gasteiger partial charge in [0.25, 0.3) is 5.91 Å². The molecule has 0 atom stereocenters. The summed E-state index contributed by atoms with van der Waals surface area (Å²) in [5.41, 5.74) is 7.14. The summed E-state index contributed by atoms with van der Waals surface area (Å²) < 4.78 is 5.20. The van der Waals surface area contributed by atoms with E-state index in [1.165, 1.54) is 19.2 Å². The molecule has 2 amide bonds. The number of carbonyl (C=O) groups is 2. The minimum atomic E-state index is -0.610. The van der Waals surface area contributed by atoms with Crippen LogP contribution in [0.5, 0.6) is 5.75 Å². The van der Waals surface area contributed by atoms with Crippen LogP contribution in [0.1, 0.15) is 20.7 Å². The molecule has 0 aliphatic rings. The van der Waals surface area contributed by atoms with Crippen LogP contribution in [0.3, 0.4) is 0 Å². The molecule has 0 fully saturated rings. The molecule has 120 valence electrons. The summed E-state index contributed by atoms with van der Waals surface area (Å²) in [7, 11) is 1.46. The number of fused-ring (bicyclic) bond motifs is 1. The molecule has 0 spiro atoms. The number of nitrogens with zero attached hydrogens (tertiary/aromatic N) is 1. The first-order valence-electron chi connectivity index (χ1n) is 7.23. The van der Waals surface area contributed by atoms with E-state index in [1.807, 2.05) is 18.2 Å². The van der Waals surface area contributed by atoms with Crippen LogP contribution in [0.2, 0.25) is 0 Å². The molecule has 1 aromatic heterocycles. The highest BCUT2D eigenvalue weighted by molar-refractivity contribution is 6.11. The molecule has 3 rings (SSSR count). The minimum absolute atomic E-state index is 0.231. The van der Waals surface area contributed by atoms with Gasteiger partial charge >= 0.3 is 0 Å². The van der Waals surface area contributed by atoms with Crippen molar-refractivity contribution >= 4 is 28.4 Å². The van der Waals surface area contributed by atoms with Crippen molar-refractivity contribution in [2.45, 2.75) is 0 Å². The number of amides is 2. The predicted molar refractivity (Wildman–Crippen MR) is 91.2 cm³/mol. The first kappa shape index (κ1) is 15.5. The fourth-order valence-corrected chi connectivity index (χ4v) is 2.44. The number of anilines is 1. The Kier molecular flexibility index (Phi) is 4.11. The SMILES string of the molecule is COc1ccc(C(N)=O)cc1C(=O)Nc1cccc2ncccc12. The van der Waals surface area contributed by atoms with E-state index in [4.69, 9.17) is 10.5 Å². The van der Waals surface area contributed by atoms with E-state index in [1.54, 1.807) is 24.4 Å². The molecule has 0 aliphatic heterocycles. The lowest BCUT2D eigenvalue weighted by molar-refractivity contribution is 0.1000. The summed E-state index contributed by atoms with van der Waals surface area (Å²) in [6.07, 6.45) is 1.69. The number of nitrogens with one attached hydrogen (secondary N) is 1. The zero-order valence-corrected chi connectivity index (χ0v) is 12.9. The minimum Gasteiger partial charge on any atom is -0.496 e. The smallest absolute Gasteiger partial charge is 0.259 e. The van der Waals surface area contributed by atoms with Crippen molar-refractivity contribution in [1.29, 1.82) is 0 Å². The second kappa shape index (κ2) is 6.37. The summed E-state index contributed by atoms with van der Waals surface area (Å²) in [4.78, 5) is 28.3. The second-order valence-corrected chi connectivity index (χ2v) is 5.11. The van der Waals surface area contributed by atoms with E-state index in [0.29, 0.717) is 11.4 Å². The van der Waals surface area contributed by atoms with E-state index in [9.17, 15) is 9.59 Å². The highest BCUT2D eigenvalue weighted by atomic mass is 16.5. The Morgan fingerprint density at radius 2 is 1.96 bits per heavy atom. The Morgan fingerprint density at radius 1 is 1.12 bits per heavy atom. The van der Waals surface area contributed by atoms with E-state index < -0.39 is 11.8 Å². The zero-order valence-electron chi connectivity index (χ0n) is 12.9. The van der Waals surface area contributed by atoms with Gasteiger partial charge in [-0.2, -0.15) is 0 Å². The maximum Gasteiger partial charge on any atom is 0.259 e. The van der Waals surface area contributed by atoms with E-state index in [2.05, 4.69) is 10.3 Å². The van der Waals surface area contributed by atoms with Crippen molar-refractivity contribution in [3.63, 3.8) is 0 Å². The number of primary amides is 1. The Morgan fingerprint density at radius 3 is 2.71 bits per heavy atom. The summed E-state index contributed by atoms with van der Waals surface area (Å²) >= 11 is 0. The Bertz CT molecular complexity index is 932. The van der Waals surface area contributed by atoms with E-state index in [0.717, 1.165) is 10.9 Å². The molecular weight excluding hydrogens is 306 g/mol. The molecule has 0 bridgehead atoms. The average Bonchev–Trinajstić information content (AvgIpc) is 2.61. The molecule has 0 unspecified atom stereocenters. The van der Waals surface area contributed by atoms with Crippen LogP contribution in [-0.2, 0) is 0 Å². The van der Waals surface area contributed by atoms with Gasteiger partial charge in [-0.1, -0.05) is 6.07 Å². The van der Waals surface area contributed by atoms with Crippen LogP contribution < -0.4 is 15.8 Å². The third-order valence-electron chi connectivity index (χ3n) is 3.62. The van der Waals surface area contributed by atoms with Gasteiger partial charge in [0.05, 0.1) is 23.9 Å². The number of pyridine rings is 1. The third kappa shape index (κ3) is 2.89. The number of benzene rings is 2. The van der Waals surface area contributed by atoms with Gasteiger partial charge in [-0.25, -0.2) is 0 Å². The van der Waals surface area contributed by atoms with Gasteiger partial charge in [0, 0.05) is 17.1 Å². The summed E-state index contributed by atoms with van der Waals surface area (Å²) in [5, 5.41) is 3.65. The zero-order chi connectivity index (χ0) is 17.1. The van der Waals surface area contributed by atoms with Crippen LogP contribution in [0.4, 0.5) is 5.69 Å². The van der Waals surface area contributed by atoms with Crippen LogP contribution in [0.15, 0.2) is 54.7 Å². The maximum atomic E-state index is 12.6. The topological polar surface area (TPSA) is 94.3 Å². The molecule has 2 aromatic carbocycles. The number of hydrogen-bond donors (Lipinski definition) is 2. The molecule has 6 nitrogen and oxygen atoms in total. The fraction of sp³-hybridized carbons (Fsp3) is 0.0556.